The molecule has 0 aliphatic rings. The fourth-order valence-electron chi connectivity index (χ4n) is 1.23. The van der Waals surface area contributed by atoms with Crippen LogP contribution in [0.15, 0.2) is 9.21 Å². The van der Waals surface area contributed by atoms with Crippen LogP contribution < -0.4 is 11.1 Å². The van der Waals surface area contributed by atoms with Gasteiger partial charge in [0.1, 0.15) is 0 Å². The van der Waals surface area contributed by atoms with Gasteiger partial charge in [0, 0.05) is 7.05 Å². The van der Waals surface area contributed by atoms with E-state index in [2.05, 4.69) is 10.4 Å². The molecule has 0 saturated carbocycles. The van der Waals surface area contributed by atoms with E-state index in [1.54, 1.807) is 7.05 Å². The van der Waals surface area contributed by atoms with Crippen LogP contribution in [0, 0.1) is 5.92 Å². The van der Waals surface area contributed by atoms with Gasteiger partial charge in [-0.3, -0.25) is 0 Å². The largest absolute Gasteiger partial charge is 0.436 e. The van der Waals surface area contributed by atoms with Crippen molar-refractivity contribution in [2.45, 2.75) is 19.9 Å². The zero-order valence-electron chi connectivity index (χ0n) is 8.37. The normalized spacial score (nSPS) is 13.6. The molecule has 0 radical (unpaired) electrons. The third kappa shape index (κ3) is 1.98. The van der Waals surface area contributed by atoms with Crippen LogP contribution in [0.5, 0.6) is 0 Å². The van der Waals surface area contributed by atoms with E-state index in [9.17, 15) is 4.79 Å². The maximum atomic E-state index is 11.0. The molecule has 0 unspecified atom stereocenters. The van der Waals surface area contributed by atoms with Gasteiger partial charge in [0.05, 0.1) is 6.04 Å². The summed E-state index contributed by atoms with van der Waals surface area (Å²) in [5, 5.41) is 7.03. The summed E-state index contributed by atoms with van der Waals surface area (Å²) in [5.41, 5.74) is 0. The highest BCUT2D eigenvalue weighted by atomic mass is 16.4. The van der Waals surface area contributed by atoms with E-state index < -0.39 is 5.76 Å². The van der Waals surface area contributed by atoms with Crippen molar-refractivity contribution >= 4 is 0 Å². The second-order valence-corrected chi connectivity index (χ2v) is 3.34. The minimum atomic E-state index is -0.420. The average molecular weight is 185 g/mol. The summed E-state index contributed by atoms with van der Waals surface area (Å²) in [6.45, 7) is 4.08. The Labute approximate surface area is 76.7 Å². The summed E-state index contributed by atoms with van der Waals surface area (Å²) >= 11 is 0. The molecule has 13 heavy (non-hydrogen) atoms. The van der Waals surface area contributed by atoms with E-state index in [0.29, 0.717) is 11.8 Å². The van der Waals surface area contributed by atoms with E-state index >= 15 is 0 Å². The Hall–Kier alpha value is -1.10. The molecule has 1 aromatic rings. The first-order valence-electron chi connectivity index (χ1n) is 4.27. The van der Waals surface area contributed by atoms with Gasteiger partial charge in [0.2, 0.25) is 5.89 Å². The number of hydrogen-bond donors (Lipinski definition) is 1. The molecular formula is C8H15N3O2. The summed E-state index contributed by atoms with van der Waals surface area (Å²) in [5.74, 6) is 0.365. The van der Waals surface area contributed by atoms with Gasteiger partial charge in [0.25, 0.3) is 0 Å². The number of nitrogens with zero attached hydrogens (tertiary/aromatic N) is 2. The molecule has 0 aliphatic heterocycles. The van der Waals surface area contributed by atoms with Crippen molar-refractivity contribution in [1.29, 1.82) is 0 Å². The van der Waals surface area contributed by atoms with Gasteiger partial charge in [-0.2, -0.15) is 4.68 Å². The van der Waals surface area contributed by atoms with E-state index in [0.717, 1.165) is 0 Å². The number of aryl methyl sites for hydroxylation is 1. The lowest BCUT2D eigenvalue weighted by atomic mass is 10.1. The standard InChI is InChI=1S/C8H15N3O2/c1-5(2)6(9-3)7-10-11(4)8(12)13-7/h5-6,9H,1-4H3/t6-/m1/s1. The number of nitrogens with one attached hydrogen (secondary N) is 1. The first kappa shape index (κ1) is 9.98. The predicted molar refractivity (Wildman–Crippen MR) is 48.4 cm³/mol. The smallest absolute Gasteiger partial charge is 0.391 e. The van der Waals surface area contributed by atoms with E-state index in [1.165, 1.54) is 4.68 Å². The zero-order valence-corrected chi connectivity index (χ0v) is 8.37. The van der Waals surface area contributed by atoms with Crippen LogP contribution in [0.2, 0.25) is 0 Å². The quantitative estimate of drug-likeness (QED) is 0.735. The minimum absolute atomic E-state index is 0.00565. The monoisotopic (exact) mass is 185 g/mol. The maximum absolute atomic E-state index is 11.0. The van der Waals surface area contributed by atoms with Crippen molar-refractivity contribution in [1.82, 2.24) is 15.1 Å². The molecule has 1 aromatic heterocycles. The summed E-state index contributed by atoms with van der Waals surface area (Å²) in [7, 11) is 3.39. The van der Waals surface area contributed by atoms with Gasteiger partial charge < -0.3 is 9.73 Å². The van der Waals surface area contributed by atoms with Crippen LogP contribution in [0.4, 0.5) is 0 Å². The van der Waals surface area contributed by atoms with Gasteiger partial charge >= 0.3 is 5.76 Å². The third-order valence-electron chi connectivity index (χ3n) is 1.95. The first-order chi connectivity index (χ1) is 6.06. The van der Waals surface area contributed by atoms with Crippen LogP contribution in [-0.2, 0) is 7.05 Å². The lowest BCUT2D eigenvalue weighted by Gasteiger charge is -2.14. The molecule has 0 saturated heterocycles. The third-order valence-corrected chi connectivity index (χ3v) is 1.95. The van der Waals surface area contributed by atoms with Gasteiger partial charge in [0.15, 0.2) is 0 Å². The Morgan fingerprint density at radius 1 is 1.54 bits per heavy atom. The molecule has 5 heteroatoms. The van der Waals surface area contributed by atoms with E-state index in [4.69, 9.17) is 4.42 Å². The average Bonchev–Trinajstić information content (AvgIpc) is 2.32. The predicted octanol–water partition coefficient (Wildman–Crippen LogP) is 0.290. The fourth-order valence-corrected chi connectivity index (χ4v) is 1.23. The van der Waals surface area contributed by atoms with Gasteiger partial charge in [-0.15, -0.1) is 5.10 Å². The highest BCUT2D eigenvalue weighted by molar-refractivity contribution is 4.88. The van der Waals surface area contributed by atoms with Crippen LogP contribution in [-0.4, -0.2) is 16.8 Å². The summed E-state index contributed by atoms with van der Waals surface area (Å²) < 4.78 is 6.16. The molecule has 1 N–H and O–H groups in total. The molecule has 1 heterocycles. The Morgan fingerprint density at radius 2 is 2.15 bits per heavy atom. The summed E-state index contributed by atoms with van der Waals surface area (Å²) in [6.07, 6.45) is 0. The second kappa shape index (κ2) is 3.74. The molecule has 1 atom stereocenters. The molecule has 0 bridgehead atoms. The summed E-state index contributed by atoms with van der Waals surface area (Å²) in [4.78, 5) is 11.0. The highest BCUT2D eigenvalue weighted by Crippen LogP contribution is 2.17. The molecule has 0 spiro atoms. The van der Waals surface area contributed by atoms with Crippen LogP contribution in [0.3, 0.4) is 0 Å². The van der Waals surface area contributed by atoms with Gasteiger partial charge in [-0.05, 0) is 13.0 Å². The molecule has 0 aliphatic carbocycles. The van der Waals surface area contributed by atoms with Crippen molar-refractivity contribution < 1.29 is 4.42 Å². The van der Waals surface area contributed by atoms with E-state index in [-0.39, 0.29) is 6.04 Å². The molecule has 0 fully saturated rings. The Balaban J connectivity index is 2.98. The summed E-state index contributed by atoms with van der Waals surface area (Å²) in [6, 6.07) is -0.00565. The van der Waals surface area contributed by atoms with Crippen molar-refractivity contribution in [3.63, 3.8) is 0 Å². The van der Waals surface area contributed by atoms with Crippen molar-refractivity contribution in [2.75, 3.05) is 7.05 Å². The first-order valence-corrected chi connectivity index (χ1v) is 4.27. The molecular weight excluding hydrogens is 170 g/mol. The fraction of sp³-hybridized carbons (Fsp3) is 0.750. The number of aromatic nitrogens is 2. The molecule has 5 nitrogen and oxygen atoms in total. The van der Waals surface area contributed by atoms with Crippen LogP contribution >= 0.6 is 0 Å². The minimum Gasteiger partial charge on any atom is -0.391 e. The highest BCUT2D eigenvalue weighted by Gasteiger charge is 2.19. The Bertz CT molecular complexity index is 326. The Kier molecular flexibility index (Phi) is 2.87. The Morgan fingerprint density at radius 3 is 2.46 bits per heavy atom. The number of hydrogen-bond acceptors (Lipinski definition) is 4. The zero-order chi connectivity index (χ0) is 10.0. The molecule has 1 rings (SSSR count). The van der Waals surface area contributed by atoms with Crippen molar-refractivity contribution in [2.24, 2.45) is 13.0 Å². The van der Waals surface area contributed by atoms with Crippen molar-refractivity contribution in [3.05, 3.63) is 16.4 Å². The maximum Gasteiger partial charge on any atom is 0.436 e. The topological polar surface area (TPSA) is 60.1 Å². The lowest BCUT2D eigenvalue weighted by molar-refractivity contribution is 0.337. The lowest BCUT2D eigenvalue weighted by Crippen LogP contribution is -2.22. The van der Waals surface area contributed by atoms with Crippen molar-refractivity contribution in [3.8, 4) is 0 Å². The molecule has 0 amide bonds. The van der Waals surface area contributed by atoms with E-state index in [1.807, 2.05) is 20.9 Å². The second-order valence-electron chi connectivity index (χ2n) is 3.34. The molecule has 74 valence electrons. The van der Waals surface area contributed by atoms with Crippen LogP contribution in [0.1, 0.15) is 25.8 Å². The molecule has 0 aromatic carbocycles. The van der Waals surface area contributed by atoms with Gasteiger partial charge in [-0.1, -0.05) is 13.8 Å². The van der Waals surface area contributed by atoms with Gasteiger partial charge in [-0.25, -0.2) is 4.79 Å². The number of rotatable bonds is 3. The SMILES string of the molecule is CN[C@@H](c1nn(C)c(=O)o1)C(C)C. The van der Waals surface area contributed by atoms with Crippen LogP contribution in [0.25, 0.3) is 0 Å².